The molecule has 1 aliphatic carbocycles. The van der Waals surface area contributed by atoms with Gasteiger partial charge in [0.15, 0.2) is 0 Å². The first kappa shape index (κ1) is 19.7. The molecule has 7 heteroatoms. The number of aromatic nitrogens is 1. The molecule has 6 nitrogen and oxygen atoms in total. The number of hydrogen-bond acceptors (Lipinski definition) is 4. The van der Waals surface area contributed by atoms with E-state index in [2.05, 4.69) is 22.1 Å². The molecule has 2 fully saturated rings. The molecule has 4 rings (SSSR count). The van der Waals surface area contributed by atoms with Gasteiger partial charge in [-0.25, -0.2) is 0 Å². The van der Waals surface area contributed by atoms with Gasteiger partial charge in [-0.1, -0.05) is 23.7 Å². The molecular weight excluding hydrogens is 378 g/mol. The van der Waals surface area contributed by atoms with Gasteiger partial charge in [-0.15, -0.1) is 0 Å². The van der Waals surface area contributed by atoms with Crippen LogP contribution in [0.5, 0.6) is 0 Å². The first-order chi connectivity index (χ1) is 13.7. The van der Waals surface area contributed by atoms with Crippen LogP contribution >= 0.6 is 11.6 Å². The number of rotatable bonds is 8. The second-order valence-electron chi connectivity index (χ2n) is 7.59. The molecule has 1 aromatic carbocycles. The lowest BCUT2D eigenvalue weighted by atomic mass is 10.1. The second-order valence-corrected chi connectivity index (χ2v) is 8.00. The van der Waals surface area contributed by atoms with E-state index in [1.807, 2.05) is 17.0 Å². The Bertz CT molecular complexity index is 828. The number of aryl methyl sites for hydroxylation is 1. The van der Waals surface area contributed by atoms with Crippen LogP contribution in [0.2, 0.25) is 5.02 Å². The molecule has 2 aromatic rings. The fourth-order valence-corrected chi connectivity index (χ4v) is 4.22. The number of ether oxygens (including phenoxy) is 2. The third kappa shape index (κ3) is 4.20. The average molecular weight is 406 g/mol. The van der Waals surface area contributed by atoms with E-state index in [-0.39, 0.29) is 12.0 Å². The number of nitrogens with one attached hydrogen (secondary N) is 1. The van der Waals surface area contributed by atoms with Crippen molar-refractivity contribution in [3.05, 3.63) is 35.0 Å². The van der Waals surface area contributed by atoms with Crippen molar-refractivity contribution in [2.24, 2.45) is 0 Å². The fraction of sp³-hybridized carbons (Fsp3) is 0.571. The van der Waals surface area contributed by atoms with Crippen LogP contribution < -0.4 is 5.32 Å². The molecule has 1 aliphatic heterocycles. The molecule has 0 unspecified atom stereocenters. The van der Waals surface area contributed by atoms with Crippen LogP contribution in [0.1, 0.15) is 24.8 Å². The number of hydrogen-bond donors (Lipinski definition) is 1. The van der Waals surface area contributed by atoms with Gasteiger partial charge in [-0.2, -0.15) is 0 Å². The zero-order chi connectivity index (χ0) is 19.5. The summed E-state index contributed by atoms with van der Waals surface area (Å²) < 4.78 is 13.1. The summed E-state index contributed by atoms with van der Waals surface area (Å²) in [5.74, 6) is 0.0945. The summed E-state index contributed by atoms with van der Waals surface area (Å²) >= 11 is 6.52. The Balaban J connectivity index is 1.60. The van der Waals surface area contributed by atoms with Gasteiger partial charge < -0.3 is 24.3 Å². The molecule has 1 amide bonds. The minimum Gasteiger partial charge on any atom is -0.385 e. The van der Waals surface area contributed by atoms with E-state index in [0.29, 0.717) is 32.3 Å². The maximum absolute atomic E-state index is 13.1. The first-order valence-corrected chi connectivity index (χ1v) is 10.4. The summed E-state index contributed by atoms with van der Waals surface area (Å²) in [5.41, 5.74) is 2.17. The summed E-state index contributed by atoms with van der Waals surface area (Å²) in [6.07, 6.45) is 4.82. The van der Waals surface area contributed by atoms with Crippen LogP contribution in [0.3, 0.4) is 0 Å². The van der Waals surface area contributed by atoms with Crippen LogP contribution in [-0.4, -0.2) is 60.9 Å². The van der Waals surface area contributed by atoms with Crippen molar-refractivity contribution in [3.63, 3.8) is 0 Å². The number of fused-ring (bicyclic) bond motifs is 1. The van der Waals surface area contributed by atoms with Crippen molar-refractivity contribution >= 4 is 28.4 Å². The summed E-state index contributed by atoms with van der Waals surface area (Å²) in [5, 5.41) is 5.12. The maximum atomic E-state index is 13.1. The molecule has 0 bridgehead atoms. The van der Waals surface area contributed by atoms with Crippen LogP contribution in [0.25, 0.3) is 10.9 Å². The highest BCUT2D eigenvalue weighted by molar-refractivity contribution is 6.35. The molecule has 1 saturated carbocycles. The Hall–Kier alpha value is -1.60. The quantitative estimate of drug-likeness (QED) is 0.686. The number of methoxy groups -OCH3 is 1. The predicted octanol–water partition coefficient (Wildman–Crippen LogP) is 2.81. The van der Waals surface area contributed by atoms with Gasteiger partial charge in [0.25, 0.3) is 5.91 Å². The number of amides is 1. The van der Waals surface area contributed by atoms with E-state index in [4.69, 9.17) is 21.1 Å². The largest absolute Gasteiger partial charge is 0.385 e. The van der Waals surface area contributed by atoms with Gasteiger partial charge >= 0.3 is 0 Å². The van der Waals surface area contributed by atoms with E-state index < -0.39 is 0 Å². The lowest BCUT2D eigenvalue weighted by Crippen LogP contribution is -2.49. The molecule has 2 aliphatic rings. The van der Waals surface area contributed by atoms with Crippen LogP contribution in [0.15, 0.2) is 24.4 Å². The van der Waals surface area contributed by atoms with Gasteiger partial charge in [-0.3, -0.25) is 4.79 Å². The van der Waals surface area contributed by atoms with Gasteiger partial charge in [0.05, 0.1) is 17.1 Å². The van der Waals surface area contributed by atoms with E-state index in [0.717, 1.165) is 53.8 Å². The summed E-state index contributed by atoms with van der Waals surface area (Å²) in [6, 6.07) is 6.32. The van der Waals surface area contributed by atoms with Crippen LogP contribution in [0, 0.1) is 0 Å². The highest BCUT2D eigenvalue weighted by Gasteiger charge is 2.37. The Morgan fingerprint density at radius 1 is 1.43 bits per heavy atom. The predicted molar refractivity (Wildman–Crippen MR) is 110 cm³/mol. The maximum Gasteiger partial charge on any atom is 0.253 e. The Labute approximate surface area is 170 Å². The molecule has 0 radical (unpaired) electrons. The zero-order valence-corrected chi connectivity index (χ0v) is 17.1. The molecule has 2 heterocycles. The Morgan fingerprint density at radius 2 is 2.29 bits per heavy atom. The minimum atomic E-state index is -0.381. The van der Waals surface area contributed by atoms with Gasteiger partial charge in [-0.05, 0) is 30.9 Å². The number of carbonyl (C=O) groups excluding carboxylic acids is 1. The van der Waals surface area contributed by atoms with Crippen molar-refractivity contribution in [2.45, 2.75) is 44.5 Å². The standard InChI is InChI=1S/C21H28ClN3O3/c1-27-10-3-9-24-13-15(17-4-2-5-18(22)20(17)24)14-25(16-6-7-16)21(26)19-12-23-8-11-28-19/h2,4-5,13,16,19,23H,3,6-12,14H2,1H3/t19-/m1/s1. The van der Waals surface area contributed by atoms with Crippen LogP contribution in [-0.2, 0) is 27.4 Å². The zero-order valence-electron chi connectivity index (χ0n) is 16.3. The monoisotopic (exact) mass is 405 g/mol. The topological polar surface area (TPSA) is 55.7 Å². The van der Waals surface area contributed by atoms with E-state index >= 15 is 0 Å². The van der Waals surface area contributed by atoms with Gasteiger partial charge in [0.2, 0.25) is 0 Å². The van der Waals surface area contributed by atoms with Crippen molar-refractivity contribution in [2.75, 3.05) is 33.4 Å². The number of para-hydroxylation sites is 1. The summed E-state index contributed by atoms with van der Waals surface area (Å²) in [6.45, 7) is 4.12. The van der Waals surface area contributed by atoms with Crippen molar-refractivity contribution < 1.29 is 14.3 Å². The number of halogens is 1. The molecule has 1 saturated heterocycles. The van der Waals surface area contributed by atoms with Crippen LogP contribution in [0.4, 0.5) is 0 Å². The van der Waals surface area contributed by atoms with Gasteiger partial charge in [0, 0.05) is 57.5 Å². The van der Waals surface area contributed by atoms with E-state index in [1.54, 1.807) is 7.11 Å². The second kappa shape index (κ2) is 8.82. The molecule has 1 aromatic heterocycles. The summed E-state index contributed by atoms with van der Waals surface area (Å²) in [4.78, 5) is 15.1. The normalized spacial score (nSPS) is 19.9. The highest BCUT2D eigenvalue weighted by atomic mass is 35.5. The van der Waals surface area contributed by atoms with Crippen molar-refractivity contribution in [1.29, 1.82) is 0 Å². The smallest absolute Gasteiger partial charge is 0.253 e. The molecular formula is C21H28ClN3O3. The third-order valence-corrected chi connectivity index (χ3v) is 5.80. The molecule has 152 valence electrons. The fourth-order valence-electron chi connectivity index (χ4n) is 3.94. The van der Waals surface area contributed by atoms with E-state index in [9.17, 15) is 4.79 Å². The van der Waals surface area contributed by atoms with Crippen molar-refractivity contribution in [1.82, 2.24) is 14.8 Å². The highest BCUT2D eigenvalue weighted by Crippen LogP contribution is 2.33. The lowest BCUT2D eigenvalue weighted by molar-refractivity contribution is -0.146. The Kier molecular flexibility index (Phi) is 6.21. The Morgan fingerprint density at radius 3 is 3.00 bits per heavy atom. The molecule has 28 heavy (non-hydrogen) atoms. The lowest BCUT2D eigenvalue weighted by Gasteiger charge is -2.30. The SMILES string of the molecule is COCCCn1cc(CN(C(=O)[C@H]2CNCCO2)C2CC2)c2cccc(Cl)c21. The summed E-state index contributed by atoms with van der Waals surface area (Å²) in [7, 11) is 1.72. The average Bonchev–Trinajstić information content (AvgIpc) is 3.50. The number of carbonyl (C=O) groups is 1. The number of nitrogens with zero attached hydrogens (tertiary/aromatic N) is 2. The van der Waals surface area contributed by atoms with Crippen molar-refractivity contribution in [3.8, 4) is 0 Å². The van der Waals surface area contributed by atoms with E-state index in [1.165, 1.54) is 0 Å². The minimum absolute atomic E-state index is 0.0945. The third-order valence-electron chi connectivity index (χ3n) is 5.49. The first-order valence-electron chi connectivity index (χ1n) is 10.1. The molecule has 1 N–H and O–H groups in total. The number of morpholine rings is 1. The number of benzene rings is 1. The van der Waals surface area contributed by atoms with Gasteiger partial charge in [0.1, 0.15) is 6.10 Å². The molecule has 0 spiro atoms. The molecule has 1 atom stereocenters.